The summed E-state index contributed by atoms with van der Waals surface area (Å²) in [6.45, 7) is 0.808. The van der Waals surface area contributed by atoms with Gasteiger partial charge in [0.1, 0.15) is 0 Å². The molecule has 1 saturated carbocycles. The highest BCUT2D eigenvalue weighted by Crippen LogP contribution is 2.22. The lowest BCUT2D eigenvalue weighted by molar-refractivity contribution is 0.126. The van der Waals surface area contributed by atoms with E-state index in [1.165, 1.54) is 5.56 Å². The van der Waals surface area contributed by atoms with Crippen molar-refractivity contribution in [1.82, 2.24) is 9.78 Å². The van der Waals surface area contributed by atoms with Crippen molar-refractivity contribution < 1.29 is 5.11 Å². The van der Waals surface area contributed by atoms with Crippen LogP contribution in [0.5, 0.6) is 0 Å². The van der Waals surface area contributed by atoms with Gasteiger partial charge in [0.25, 0.3) is 0 Å². The third kappa shape index (κ3) is 3.39. The normalized spacial score (nSPS) is 22.6. The number of nitrogens with one attached hydrogen (secondary N) is 1. The second-order valence-electron chi connectivity index (χ2n) is 5.55. The van der Waals surface area contributed by atoms with Crippen molar-refractivity contribution in [2.24, 2.45) is 0 Å². The second kappa shape index (κ2) is 6.09. The van der Waals surface area contributed by atoms with Crippen LogP contribution in [-0.2, 0) is 6.54 Å². The summed E-state index contributed by atoms with van der Waals surface area (Å²) in [6, 6.07) is 11.0. The molecule has 0 bridgehead atoms. The maximum absolute atomic E-state index is 9.52. The van der Waals surface area contributed by atoms with Gasteiger partial charge < -0.3 is 10.4 Å². The highest BCUT2D eigenvalue weighted by molar-refractivity contribution is 5.45. The Morgan fingerprint density at radius 1 is 1.15 bits per heavy atom. The van der Waals surface area contributed by atoms with Crippen molar-refractivity contribution >= 4 is 5.69 Å². The summed E-state index contributed by atoms with van der Waals surface area (Å²) in [6.07, 6.45) is 7.60. The zero-order valence-corrected chi connectivity index (χ0v) is 11.6. The van der Waals surface area contributed by atoms with Gasteiger partial charge in [-0.05, 0) is 49.4 Å². The van der Waals surface area contributed by atoms with Gasteiger partial charge in [-0.2, -0.15) is 5.10 Å². The lowest BCUT2D eigenvalue weighted by Crippen LogP contribution is -2.28. The minimum absolute atomic E-state index is 0.0931. The van der Waals surface area contributed by atoms with Crippen LogP contribution < -0.4 is 5.32 Å². The molecule has 1 aromatic carbocycles. The van der Waals surface area contributed by atoms with E-state index >= 15 is 0 Å². The third-order valence-corrected chi connectivity index (χ3v) is 3.93. The average Bonchev–Trinajstić information content (AvgIpc) is 2.96. The molecule has 0 atom stereocenters. The van der Waals surface area contributed by atoms with Crippen LogP contribution >= 0.6 is 0 Å². The molecular formula is C16H21N3O. The number of benzene rings is 1. The molecule has 2 N–H and O–H groups in total. The Balaban J connectivity index is 1.56. The average molecular weight is 271 g/mol. The second-order valence-corrected chi connectivity index (χ2v) is 5.55. The van der Waals surface area contributed by atoms with E-state index in [-0.39, 0.29) is 6.10 Å². The van der Waals surface area contributed by atoms with Gasteiger partial charge in [0.05, 0.1) is 12.6 Å². The predicted molar refractivity (Wildman–Crippen MR) is 79.7 cm³/mol. The van der Waals surface area contributed by atoms with Crippen LogP contribution in [0.15, 0.2) is 42.7 Å². The van der Waals surface area contributed by atoms with E-state index in [0.717, 1.165) is 37.9 Å². The number of aliphatic hydroxyl groups is 1. The number of anilines is 1. The minimum atomic E-state index is -0.0931. The number of rotatable bonds is 4. The van der Waals surface area contributed by atoms with E-state index in [9.17, 15) is 5.11 Å². The fraction of sp³-hybridized carbons (Fsp3) is 0.438. The van der Waals surface area contributed by atoms with Gasteiger partial charge in [-0.25, -0.2) is 0 Å². The largest absolute Gasteiger partial charge is 0.393 e. The Kier molecular flexibility index (Phi) is 4.02. The van der Waals surface area contributed by atoms with Crippen molar-refractivity contribution in [3.63, 3.8) is 0 Å². The molecule has 1 aliphatic carbocycles. The number of hydrogen-bond donors (Lipinski definition) is 2. The molecule has 1 heterocycles. The van der Waals surface area contributed by atoms with Crippen LogP contribution in [0.1, 0.15) is 31.2 Å². The van der Waals surface area contributed by atoms with Gasteiger partial charge in [-0.15, -0.1) is 0 Å². The first kappa shape index (κ1) is 13.2. The monoisotopic (exact) mass is 271 g/mol. The molecule has 0 amide bonds. The molecule has 1 aliphatic rings. The molecule has 1 fully saturated rings. The van der Waals surface area contributed by atoms with Crippen molar-refractivity contribution in [3.05, 3.63) is 48.3 Å². The first-order valence-corrected chi connectivity index (χ1v) is 7.30. The van der Waals surface area contributed by atoms with Crippen LogP contribution in [0.3, 0.4) is 0 Å². The van der Waals surface area contributed by atoms with E-state index in [1.807, 2.05) is 16.9 Å². The quantitative estimate of drug-likeness (QED) is 0.899. The first-order chi connectivity index (χ1) is 9.79. The van der Waals surface area contributed by atoms with Gasteiger partial charge in [-0.3, -0.25) is 4.68 Å². The SMILES string of the molecule is OC1CCC(Nc2ccc(Cn3cccn3)cc2)CC1. The highest BCUT2D eigenvalue weighted by atomic mass is 16.3. The van der Waals surface area contributed by atoms with Crippen molar-refractivity contribution in [1.29, 1.82) is 0 Å². The van der Waals surface area contributed by atoms with E-state index in [2.05, 4.69) is 34.7 Å². The Labute approximate surface area is 119 Å². The summed E-state index contributed by atoms with van der Waals surface area (Å²) in [5.41, 5.74) is 2.41. The predicted octanol–water partition coefficient (Wildman–Crippen LogP) is 2.65. The molecule has 106 valence electrons. The van der Waals surface area contributed by atoms with Gasteiger partial charge in [0.2, 0.25) is 0 Å². The molecule has 0 radical (unpaired) electrons. The molecule has 4 nitrogen and oxygen atoms in total. The highest BCUT2D eigenvalue weighted by Gasteiger charge is 2.18. The van der Waals surface area contributed by atoms with E-state index in [0.29, 0.717) is 6.04 Å². The fourth-order valence-electron chi connectivity index (χ4n) is 2.74. The summed E-state index contributed by atoms with van der Waals surface area (Å²) in [4.78, 5) is 0. The Hall–Kier alpha value is -1.81. The van der Waals surface area contributed by atoms with Crippen LogP contribution in [0, 0.1) is 0 Å². The van der Waals surface area contributed by atoms with Crippen LogP contribution in [0.2, 0.25) is 0 Å². The summed E-state index contributed by atoms with van der Waals surface area (Å²) in [7, 11) is 0. The molecule has 1 aromatic heterocycles. The molecule has 20 heavy (non-hydrogen) atoms. The van der Waals surface area contributed by atoms with Crippen LogP contribution in [-0.4, -0.2) is 27.0 Å². The van der Waals surface area contributed by atoms with E-state index in [1.54, 1.807) is 6.20 Å². The molecular weight excluding hydrogens is 250 g/mol. The van der Waals surface area contributed by atoms with Crippen molar-refractivity contribution in [2.75, 3.05) is 5.32 Å². The molecule has 0 unspecified atom stereocenters. The Bertz CT molecular complexity index is 513. The maximum Gasteiger partial charge on any atom is 0.0659 e. The molecule has 0 saturated heterocycles. The third-order valence-electron chi connectivity index (χ3n) is 3.93. The summed E-state index contributed by atoms with van der Waals surface area (Å²) in [5.74, 6) is 0. The smallest absolute Gasteiger partial charge is 0.0659 e. The summed E-state index contributed by atoms with van der Waals surface area (Å²) >= 11 is 0. The van der Waals surface area contributed by atoms with Gasteiger partial charge in [0.15, 0.2) is 0 Å². The lowest BCUT2D eigenvalue weighted by atomic mass is 9.93. The first-order valence-electron chi connectivity index (χ1n) is 7.30. The zero-order chi connectivity index (χ0) is 13.8. The van der Waals surface area contributed by atoms with Gasteiger partial charge in [0, 0.05) is 24.1 Å². The molecule has 0 aliphatic heterocycles. The summed E-state index contributed by atoms with van der Waals surface area (Å²) < 4.78 is 1.92. The molecule has 2 aromatic rings. The zero-order valence-electron chi connectivity index (χ0n) is 11.6. The molecule has 0 spiro atoms. The van der Waals surface area contributed by atoms with E-state index < -0.39 is 0 Å². The Morgan fingerprint density at radius 2 is 1.90 bits per heavy atom. The van der Waals surface area contributed by atoms with Gasteiger partial charge >= 0.3 is 0 Å². The summed E-state index contributed by atoms with van der Waals surface area (Å²) in [5, 5.41) is 17.3. The number of aromatic nitrogens is 2. The maximum atomic E-state index is 9.52. The van der Waals surface area contributed by atoms with Crippen LogP contribution in [0.4, 0.5) is 5.69 Å². The standard InChI is InChI=1S/C16H21N3O/c20-16-8-6-15(7-9-16)18-14-4-2-13(3-5-14)12-19-11-1-10-17-19/h1-5,10-11,15-16,18,20H,6-9,12H2. The number of nitrogens with zero attached hydrogens (tertiary/aromatic N) is 2. The number of aliphatic hydroxyl groups excluding tert-OH is 1. The Morgan fingerprint density at radius 3 is 2.55 bits per heavy atom. The van der Waals surface area contributed by atoms with E-state index in [4.69, 9.17) is 0 Å². The van der Waals surface area contributed by atoms with Crippen molar-refractivity contribution in [3.8, 4) is 0 Å². The fourth-order valence-corrected chi connectivity index (χ4v) is 2.74. The van der Waals surface area contributed by atoms with Crippen molar-refractivity contribution in [2.45, 2.75) is 44.4 Å². The topological polar surface area (TPSA) is 50.1 Å². The van der Waals surface area contributed by atoms with Crippen LogP contribution in [0.25, 0.3) is 0 Å². The lowest BCUT2D eigenvalue weighted by Gasteiger charge is -2.27. The molecule has 4 heteroatoms. The van der Waals surface area contributed by atoms with Gasteiger partial charge in [-0.1, -0.05) is 12.1 Å². The molecule has 3 rings (SSSR count). The minimum Gasteiger partial charge on any atom is -0.393 e. The number of hydrogen-bond acceptors (Lipinski definition) is 3.